The normalized spacial score (nSPS) is 11.4. The predicted octanol–water partition coefficient (Wildman–Crippen LogP) is 1.15. The van der Waals surface area contributed by atoms with Crippen molar-refractivity contribution in [3.8, 4) is 0 Å². The maximum Gasteiger partial charge on any atom is 0.326 e. The molecule has 108 valence electrons. The molecule has 7 heteroatoms. The standard InChI is InChI=1S/C13H16N2O5/c1-2-15(9-6-4-3-5-7-9)13(20)14-10(12(18)19)8-11(16)17/h3-7,10H,2,8H2,1H3,(H,14,20)(H,16,17)(H,18,19)/t10-/m0/s1. The fourth-order valence-electron chi connectivity index (χ4n) is 1.65. The molecule has 20 heavy (non-hydrogen) atoms. The van der Waals surface area contributed by atoms with Crippen molar-refractivity contribution in [3.05, 3.63) is 30.3 Å². The Labute approximate surface area is 115 Å². The van der Waals surface area contributed by atoms with Gasteiger partial charge in [-0.05, 0) is 19.1 Å². The first-order valence-corrected chi connectivity index (χ1v) is 6.03. The van der Waals surface area contributed by atoms with Gasteiger partial charge in [0.15, 0.2) is 0 Å². The Kier molecular flexibility index (Phi) is 5.52. The Morgan fingerprint density at radius 1 is 1.20 bits per heavy atom. The molecule has 0 saturated heterocycles. The molecule has 0 aliphatic heterocycles. The van der Waals surface area contributed by atoms with Gasteiger partial charge < -0.3 is 15.5 Å². The Bertz CT molecular complexity index is 489. The van der Waals surface area contributed by atoms with Crippen LogP contribution >= 0.6 is 0 Å². The zero-order chi connectivity index (χ0) is 15.1. The Hall–Kier alpha value is -2.57. The second-order valence-corrected chi connectivity index (χ2v) is 4.02. The first kappa shape index (κ1) is 15.5. The van der Waals surface area contributed by atoms with Gasteiger partial charge in [0.05, 0.1) is 6.42 Å². The van der Waals surface area contributed by atoms with Crippen LogP contribution in [0.1, 0.15) is 13.3 Å². The van der Waals surface area contributed by atoms with Crippen LogP contribution in [0.25, 0.3) is 0 Å². The van der Waals surface area contributed by atoms with Crippen LogP contribution in [0.2, 0.25) is 0 Å². The summed E-state index contributed by atoms with van der Waals surface area (Å²) in [5.41, 5.74) is 0.604. The third kappa shape index (κ3) is 4.27. The number of carbonyl (C=O) groups excluding carboxylic acids is 1. The predicted molar refractivity (Wildman–Crippen MR) is 71.7 cm³/mol. The summed E-state index contributed by atoms with van der Waals surface area (Å²) >= 11 is 0. The molecule has 0 bridgehead atoms. The zero-order valence-corrected chi connectivity index (χ0v) is 10.9. The number of rotatable bonds is 6. The third-order valence-electron chi connectivity index (χ3n) is 2.60. The molecule has 0 saturated carbocycles. The van der Waals surface area contributed by atoms with Crippen LogP contribution in [0.4, 0.5) is 10.5 Å². The molecule has 0 aliphatic carbocycles. The molecule has 1 aromatic rings. The fraction of sp³-hybridized carbons (Fsp3) is 0.308. The summed E-state index contributed by atoms with van der Waals surface area (Å²) in [5.74, 6) is -2.68. The van der Waals surface area contributed by atoms with E-state index in [9.17, 15) is 14.4 Å². The van der Waals surface area contributed by atoms with Crippen LogP contribution in [-0.4, -0.2) is 40.8 Å². The van der Waals surface area contributed by atoms with Crippen molar-refractivity contribution in [2.75, 3.05) is 11.4 Å². The number of benzene rings is 1. The van der Waals surface area contributed by atoms with Crippen molar-refractivity contribution in [2.24, 2.45) is 0 Å². The van der Waals surface area contributed by atoms with Crippen LogP contribution in [0.3, 0.4) is 0 Å². The van der Waals surface area contributed by atoms with E-state index >= 15 is 0 Å². The lowest BCUT2D eigenvalue weighted by atomic mass is 10.2. The highest BCUT2D eigenvalue weighted by atomic mass is 16.4. The lowest BCUT2D eigenvalue weighted by Crippen LogP contribution is -2.48. The monoisotopic (exact) mass is 280 g/mol. The summed E-state index contributed by atoms with van der Waals surface area (Å²) in [4.78, 5) is 34.9. The van der Waals surface area contributed by atoms with Crippen LogP contribution in [-0.2, 0) is 9.59 Å². The van der Waals surface area contributed by atoms with E-state index in [0.29, 0.717) is 12.2 Å². The van der Waals surface area contributed by atoms with Crippen LogP contribution in [0.5, 0.6) is 0 Å². The van der Waals surface area contributed by atoms with Gasteiger partial charge in [0.1, 0.15) is 6.04 Å². The van der Waals surface area contributed by atoms with E-state index in [-0.39, 0.29) is 0 Å². The van der Waals surface area contributed by atoms with E-state index < -0.39 is 30.4 Å². The molecule has 0 heterocycles. The number of hydrogen-bond donors (Lipinski definition) is 3. The number of carboxylic acid groups (broad SMARTS) is 2. The molecule has 1 atom stereocenters. The first-order chi connectivity index (χ1) is 9.45. The molecule has 0 aromatic heterocycles. The maximum atomic E-state index is 12.0. The Morgan fingerprint density at radius 3 is 2.25 bits per heavy atom. The number of nitrogens with one attached hydrogen (secondary N) is 1. The SMILES string of the molecule is CCN(C(=O)N[C@@H](CC(=O)O)C(=O)O)c1ccccc1. The quantitative estimate of drug-likeness (QED) is 0.724. The highest BCUT2D eigenvalue weighted by molar-refractivity contribution is 5.95. The molecule has 1 rings (SSSR count). The second kappa shape index (κ2) is 7.13. The average Bonchev–Trinajstić information content (AvgIpc) is 2.39. The number of amides is 2. The Morgan fingerprint density at radius 2 is 1.80 bits per heavy atom. The number of carbonyl (C=O) groups is 3. The van der Waals surface area contributed by atoms with Crippen LogP contribution in [0, 0.1) is 0 Å². The van der Waals surface area contributed by atoms with Crippen molar-refractivity contribution >= 4 is 23.7 Å². The van der Waals surface area contributed by atoms with Gasteiger partial charge in [0.2, 0.25) is 0 Å². The number of anilines is 1. The van der Waals surface area contributed by atoms with E-state index in [1.54, 1.807) is 37.3 Å². The number of carboxylic acids is 2. The van der Waals surface area contributed by atoms with Gasteiger partial charge in [-0.2, -0.15) is 0 Å². The van der Waals surface area contributed by atoms with Gasteiger partial charge in [-0.1, -0.05) is 18.2 Å². The van der Waals surface area contributed by atoms with E-state index in [1.807, 2.05) is 0 Å². The molecule has 1 aromatic carbocycles. The molecular weight excluding hydrogens is 264 g/mol. The summed E-state index contributed by atoms with van der Waals surface area (Å²) in [6.07, 6.45) is -0.673. The number of nitrogens with zero attached hydrogens (tertiary/aromatic N) is 1. The highest BCUT2D eigenvalue weighted by Gasteiger charge is 2.25. The van der Waals surface area contributed by atoms with Gasteiger partial charge in [0.25, 0.3) is 0 Å². The van der Waals surface area contributed by atoms with Gasteiger partial charge in [0, 0.05) is 12.2 Å². The van der Waals surface area contributed by atoms with Gasteiger partial charge in [-0.25, -0.2) is 9.59 Å². The van der Waals surface area contributed by atoms with Crippen LogP contribution in [0.15, 0.2) is 30.3 Å². The summed E-state index contributed by atoms with van der Waals surface area (Å²) in [6.45, 7) is 2.06. The number of aliphatic carboxylic acids is 2. The smallest absolute Gasteiger partial charge is 0.326 e. The zero-order valence-electron chi connectivity index (χ0n) is 10.9. The largest absolute Gasteiger partial charge is 0.481 e. The molecule has 2 amide bonds. The van der Waals surface area contributed by atoms with E-state index in [4.69, 9.17) is 10.2 Å². The van der Waals surface area contributed by atoms with Crippen molar-refractivity contribution in [3.63, 3.8) is 0 Å². The highest BCUT2D eigenvalue weighted by Crippen LogP contribution is 2.13. The minimum atomic E-state index is -1.46. The van der Waals surface area contributed by atoms with Crippen molar-refractivity contribution < 1.29 is 24.6 Å². The summed E-state index contributed by atoms with van der Waals surface area (Å²) in [7, 11) is 0. The minimum Gasteiger partial charge on any atom is -0.481 e. The molecule has 3 N–H and O–H groups in total. The van der Waals surface area contributed by atoms with Gasteiger partial charge >= 0.3 is 18.0 Å². The molecule has 7 nitrogen and oxygen atoms in total. The summed E-state index contributed by atoms with van der Waals surface area (Å²) < 4.78 is 0. The van der Waals surface area contributed by atoms with Gasteiger partial charge in [-0.3, -0.25) is 9.69 Å². The van der Waals surface area contributed by atoms with E-state index in [0.717, 1.165) is 0 Å². The van der Waals surface area contributed by atoms with Gasteiger partial charge in [-0.15, -0.1) is 0 Å². The number of para-hydroxylation sites is 1. The lowest BCUT2D eigenvalue weighted by molar-refractivity contribution is -0.145. The van der Waals surface area contributed by atoms with Crippen molar-refractivity contribution in [2.45, 2.75) is 19.4 Å². The summed E-state index contributed by atoms with van der Waals surface area (Å²) in [5, 5.41) is 19.7. The average molecular weight is 280 g/mol. The lowest BCUT2D eigenvalue weighted by Gasteiger charge is -2.23. The molecule has 0 unspecified atom stereocenters. The topological polar surface area (TPSA) is 107 Å². The van der Waals surface area contributed by atoms with Crippen LogP contribution < -0.4 is 10.2 Å². The number of hydrogen-bond acceptors (Lipinski definition) is 3. The fourth-order valence-corrected chi connectivity index (χ4v) is 1.65. The molecule has 0 radical (unpaired) electrons. The summed E-state index contributed by atoms with van der Waals surface area (Å²) in [6, 6.07) is 6.59. The van der Waals surface area contributed by atoms with Crippen molar-refractivity contribution in [1.82, 2.24) is 5.32 Å². The molecule has 0 aliphatic rings. The second-order valence-electron chi connectivity index (χ2n) is 4.02. The third-order valence-corrected chi connectivity index (χ3v) is 2.60. The first-order valence-electron chi connectivity index (χ1n) is 6.03. The number of urea groups is 1. The Balaban J connectivity index is 2.81. The molecule has 0 spiro atoms. The van der Waals surface area contributed by atoms with E-state index in [2.05, 4.69) is 5.32 Å². The molecule has 0 fully saturated rings. The van der Waals surface area contributed by atoms with E-state index in [1.165, 1.54) is 4.90 Å². The maximum absolute atomic E-state index is 12.0. The van der Waals surface area contributed by atoms with Crippen molar-refractivity contribution in [1.29, 1.82) is 0 Å². The molecular formula is C13H16N2O5. The minimum absolute atomic E-state index is 0.329.